The highest BCUT2D eigenvalue weighted by Gasteiger charge is 1.81. The summed E-state index contributed by atoms with van der Waals surface area (Å²) in [6, 6.07) is 1.94. The molecule has 0 aliphatic rings. The van der Waals surface area contributed by atoms with Gasteiger partial charge in [0.2, 0.25) is 0 Å². The first kappa shape index (κ1) is 9.44. The molecule has 0 aliphatic carbocycles. The van der Waals surface area contributed by atoms with E-state index in [2.05, 4.69) is 0 Å². The molecule has 11 heavy (non-hydrogen) atoms. The molecule has 0 radical (unpaired) electrons. The van der Waals surface area contributed by atoms with Gasteiger partial charge in [-0.2, -0.15) is 5.26 Å². The molecule has 0 spiro atoms. The molecule has 3 heteroatoms. The van der Waals surface area contributed by atoms with Gasteiger partial charge in [-0.25, -0.2) is 4.79 Å². The average Bonchev–Trinajstić information content (AvgIpc) is 1.96. The van der Waals surface area contributed by atoms with Gasteiger partial charge in [0, 0.05) is 6.08 Å². The zero-order valence-electron chi connectivity index (χ0n) is 6.03. The molecule has 0 aromatic carbocycles. The van der Waals surface area contributed by atoms with Crippen molar-refractivity contribution in [2.75, 3.05) is 0 Å². The number of allylic oxidation sites excluding steroid dienone is 3. The van der Waals surface area contributed by atoms with Crippen LogP contribution in [0.5, 0.6) is 0 Å². The van der Waals surface area contributed by atoms with Crippen molar-refractivity contribution in [2.45, 2.75) is 12.8 Å². The predicted molar refractivity (Wildman–Crippen MR) is 40.8 cm³/mol. The SMILES string of the molecule is N#CC/C=C/C/C=C/C(=O)O. The molecular formula is C8H9NO2. The Bertz CT molecular complexity index is 211. The summed E-state index contributed by atoms with van der Waals surface area (Å²) in [4.78, 5) is 9.92. The van der Waals surface area contributed by atoms with E-state index in [1.807, 2.05) is 6.07 Å². The molecule has 0 aromatic heterocycles. The average molecular weight is 151 g/mol. The van der Waals surface area contributed by atoms with E-state index in [9.17, 15) is 4.79 Å². The van der Waals surface area contributed by atoms with Crippen molar-refractivity contribution in [1.29, 1.82) is 5.26 Å². The first-order valence-electron chi connectivity index (χ1n) is 3.18. The van der Waals surface area contributed by atoms with E-state index in [0.717, 1.165) is 6.08 Å². The van der Waals surface area contributed by atoms with Crippen molar-refractivity contribution < 1.29 is 9.90 Å². The monoisotopic (exact) mass is 151 g/mol. The van der Waals surface area contributed by atoms with Crippen molar-refractivity contribution in [2.24, 2.45) is 0 Å². The molecule has 0 aromatic rings. The summed E-state index contributed by atoms with van der Waals surface area (Å²) in [5, 5.41) is 16.3. The number of hydrogen-bond donors (Lipinski definition) is 1. The van der Waals surface area contributed by atoms with Crippen LogP contribution >= 0.6 is 0 Å². The third-order valence-corrected chi connectivity index (χ3v) is 0.908. The second-order valence-electron chi connectivity index (χ2n) is 1.81. The highest BCUT2D eigenvalue weighted by atomic mass is 16.4. The molecular weight excluding hydrogens is 142 g/mol. The van der Waals surface area contributed by atoms with Gasteiger partial charge in [0.05, 0.1) is 12.5 Å². The lowest BCUT2D eigenvalue weighted by Gasteiger charge is -1.79. The van der Waals surface area contributed by atoms with Crippen LogP contribution in [0.3, 0.4) is 0 Å². The topological polar surface area (TPSA) is 61.1 Å². The van der Waals surface area contributed by atoms with Gasteiger partial charge in [0.15, 0.2) is 0 Å². The normalized spacial score (nSPS) is 10.5. The molecule has 0 aliphatic heterocycles. The van der Waals surface area contributed by atoms with E-state index in [4.69, 9.17) is 10.4 Å². The third kappa shape index (κ3) is 8.44. The number of carboxylic acid groups (broad SMARTS) is 1. The molecule has 0 saturated carbocycles. The molecule has 0 bridgehead atoms. The third-order valence-electron chi connectivity index (χ3n) is 0.908. The van der Waals surface area contributed by atoms with Gasteiger partial charge >= 0.3 is 5.97 Å². The van der Waals surface area contributed by atoms with Crippen molar-refractivity contribution in [1.82, 2.24) is 0 Å². The lowest BCUT2D eigenvalue weighted by atomic mass is 10.3. The summed E-state index contributed by atoms with van der Waals surface area (Å²) in [5.41, 5.74) is 0. The van der Waals surface area contributed by atoms with Crippen LogP contribution in [0.15, 0.2) is 24.3 Å². The molecule has 0 rings (SSSR count). The highest BCUT2D eigenvalue weighted by Crippen LogP contribution is 1.87. The fraction of sp³-hybridized carbons (Fsp3) is 0.250. The smallest absolute Gasteiger partial charge is 0.327 e. The maximum Gasteiger partial charge on any atom is 0.327 e. The van der Waals surface area contributed by atoms with Crippen molar-refractivity contribution in [3.63, 3.8) is 0 Å². The van der Waals surface area contributed by atoms with Crippen molar-refractivity contribution in [3.05, 3.63) is 24.3 Å². The van der Waals surface area contributed by atoms with Gasteiger partial charge in [-0.15, -0.1) is 0 Å². The van der Waals surface area contributed by atoms with E-state index in [-0.39, 0.29) is 0 Å². The molecule has 0 heterocycles. The second kappa shape index (κ2) is 6.56. The van der Waals surface area contributed by atoms with Crippen LogP contribution in [-0.4, -0.2) is 11.1 Å². The number of carbonyl (C=O) groups is 1. The van der Waals surface area contributed by atoms with Crippen LogP contribution in [0, 0.1) is 11.3 Å². The Morgan fingerprint density at radius 2 is 2.18 bits per heavy atom. The maximum absolute atomic E-state index is 9.92. The largest absolute Gasteiger partial charge is 0.478 e. The van der Waals surface area contributed by atoms with Crippen LogP contribution < -0.4 is 0 Å². The Balaban J connectivity index is 3.42. The number of nitrogens with zero attached hydrogens (tertiary/aromatic N) is 1. The van der Waals surface area contributed by atoms with Crippen molar-refractivity contribution in [3.8, 4) is 6.07 Å². The molecule has 0 fully saturated rings. The van der Waals surface area contributed by atoms with Gasteiger partial charge in [-0.1, -0.05) is 18.2 Å². The quantitative estimate of drug-likeness (QED) is 0.489. The van der Waals surface area contributed by atoms with Gasteiger partial charge < -0.3 is 5.11 Å². The molecule has 3 nitrogen and oxygen atoms in total. The Hall–Kier alpha value is -1.56. The maximum atomic E-state index is 9.92. The molecule has 58 valence electrons. The summed E-state index contributed by atoms with van der Waals surface area (Å²) >= 11 is 0. The fourth-order valence-electron chi connectivity index (χ4n) is 0.480. The van der Waals surface area contributed by atoms with Crippen LogP contribution in [-0.2, 0) is 4.79 Å². The zero-order chi connectivity index (χ0) is 8.53. The van der Waals surface area contributed by atoms with Gasteiger partial charge in [0.1, 0.15) is 0 Å². The van der Waals surface area contributed by atoms with Crippen LogP contribution in [0.2, 0.25) is 0 Å². The Morgan fingerprint density at radius 1 is 1.45 bits per heavy atom. The number of nitriles is 1. The predicted octanol–water partition coefficient (Wildman–Crippen LogP) is 1.49. The van der Waals surface area contributed by atoms with Gasteiger partial charge in [-0.3, -0.25) is 0 Å². The Labute approximate surface area is 65.3 Å². The zero-order valence-corrected chi connectivity index (χ0v) is 6.03. The number of aliphatic carboxylic acids is 1. The van der Waals surface area contributed by atoms with Crippen molar-refractivity contribution >= 4 is 5.97 Å². The van der Waals surface area contributed by atoms with E-state index >= 15 is 0 Å². The van der Waals surface area contributed by atoms with E-state index in [0.29, 0.717) is 12.8 Å². The molecule has 0 unspecified atom stereocenters. The van der Waals surface area contributed by atoms with E-state index < -0.39 is 5.97 Å². The molecule has 0 saturated heterocycles. The van der Waals surface area contributed by atoms with Gasteiger partial charge in [-0.05, 0) is 6.42 Å². The minimum absolute atomic E-state index is 0.376. The standard InChI is InChI=1S/C8H9NO2/c9-7-5-3-1-2-4-6-8(10)11/h1,3-4,6H,2,5H2,(H,10,11)/b3-1+,6-4+. The Kier molecular flexibility index (Phi) is 5.63. The summed E-state index contributed by atoms with van der Waals surface area (Å²) in [6.45, 7) is 0. The first-order valence-corrected chi connectivity index (χ1v) is 3.18. The molecule has 0 amide bonds. The van der Waals surface area contributed by atoms with Crippen LogP contribution in [0.25, 0.3) is 0 Å². The number of hydrogen-bond acceptors (Lipinski definition) is 2. The summed E-state index contributed by atoms with van der Waals surface area (Å²) in [5.74, 6) is -0.946. The van der Waals surface area contributed by atoms with E-state index in [1.54, 1.807) is 12.2 Å². The minimum Gasteiger partial charge on any atom is -0.478 e. The lowest BCUT2D eigenvalue weighted by molar-refractivity contribution is -0.131. The van der Waals surface area contributed by atoms with E-state index in [1.165, 1.54) is 6.08 Å². The number of rotatable bonds is 4. The molecule has 0 atom stereocenters. The highest BCUT2D eigenvalue weighted by molar-refractivity contribution is 5.79. The lowest BCUT2D eigenvalue weighted by Crippen LogP contribution is -1.84. The second-order valence-corrected chi connectivity index (χ2v) is 1.81. The summed E-state index contributed by atoms with van der Waals surface area (Å²) < 4.78 is 0. The Morgan fingerprint density at radius 3 is 2.73 bits per heavy atom. The minimum atomic E-state index is -0.946. The summed E-state index contributed by atoms with van der Waals surface area (Å²) in [6.07, 6.45) is 7.00. The fourth-order valence-corrected chi connectivity index (χ4v) is 0.480. The van der Waals surface area contributed by atoms with Gasteiger partial charge in [0.25, 0.3) is 0 Å². The number of carboxylic acids is 1. The first-order chi connectivity index (χ1) is 5.27. The van der Waals surface area contributed by atoms with Crippen LogP contribution in [0.1, 0.15) is 12.8 Å². The molecule has 1 N–H and O–H groups in total. The summed E-state index contributed by atoms with van der Waals surface area (Å²) in [7, 11) is 0. The van der Waals surface area contributed by atoms with Crippen LogP contribution in [0.4, 0.5) is 0 Å².